The summed E-state index contributed by atoms with van der Waals surface area (Å²) in [6.07, 6.45) is 0. The molecule has 60 heavy (non-hydrogen) atoms. The predicted octanol–water partition coefficient (Wildman–Crippen LogP) is 7.33. The highest BCUT2D eigenvalue weighted by Crippen LogP contribution is 2.37. The molecule has 6 aromatic rings. The van der Waals surface area contributed by atoms with E-state index < -0.39 is 69.8 Å². The van der Waals surface area contributed by atoms with Crippen LogP contribution in [0.25, 0.3) is 11.1 Å². The van der Waals surface area contributed by atoms with Gasteiger partial charge in [-0.15, -0.1) is 0 Å². The number of amides is 4. The third-order valence-corrected chi connectivity index (χ3v) is 9.67. The first-order chi connectivity index (χ1) is 28.7. The summed E-state index contributed by atoms with van der Waals surface area (Å²) in [6, 6.07) is 27.8. The van der Waals surface area contributed by atoms with Crippen LogP contribution < -0.4 is 19.3 Å². The van der Waals surface area contributed by atoms with Crippen molar-refractivity contribution in [2.45, 2.75) is 0 Å². The van der Waals surface area contributed by atoms with Gasteiger partial charge in [0.05, 0.1) is 55.9 Å². The second-order valence-electron chi connectivity index (χ2n) is 13.2. The number of carbonyl (C=O) groups is 8. The monoisotopic (exact) mass is 804 g/mol. The molecule has 0 aromatic heterocycles. The van der Waals surface area contributed by atoms with E-state index >= 15 is 0 Å². The molecule has 294 valence electrons. The van der Waals surface area contributed by atoms with Crippen molar-refractivity contribution in [3.63, 3.8) is 0 Å². The lowest BCUT2D eigenvalue weighted by Gasteiger charge is -2.15. The van der Waals surface area contributed by atoms with E-state index in [2.05, 4.69) is 0 Å². The Labute approximate surface area is 336 Å². The maximum atomic E-state index is 13.7. The van der Waals surface area contributed by atoms with E-state index in [1.165, 1.54) is 84.9 Å². The molecule has 16 nitrogen and oxygen atoms in total. The molecule has 6 aromatic carbocycles. The zero-order chi connectivity index (χ0) is 42.6. The van der Waals surface area contributed by atoms with Gasteiger partial charge in [-0.1, -0.05) is 12.1 Å². The van der Waals surface area contributed by atoms with Crippen LogP contribution in [-0.2, 0) is 0 Å². The van der Waals surface area contributed by atoms with Crippen molar-refractivity contribution in [3.8, 4) is 34.1 Å². The van der Waals surface area contributed by atoms with Crippen molar-refractivity contribution in [1.82, 2.24) is 0 Å². The third-order valence-electron chi connectivity index (χ3n) is 9.67. The van der Waals surface area contributed by atoms with Gasteiger partial charge in [-0.25, -0.2) is 29.0 Å². The first-order valence-corrected chi connectivity index (χ1v) is 17.5. The Morgan fingerprint density at radius 1 is 0.350 bits per heavy atom. The molecule has 0 radical (unpaired) electrons. The fourth-order valence-electron chi connectivity index (χ4n) is 6.81. The molecule has 2 heterocycles. The summed E-state index contributed by atoms with van der Waals surface area (Å²) in [5.41, 5.74) is 0.107. The average molecular weight is 805 g/mol. The number of anilines is 2. The number of fused-ring (bicyclic) bond motifs is 2. The van der Waals surface area contributed by atoms with Gasteiger partial charge >= 0.3 is 23.9 Å². The number of carboxylic acid groups (broad SMARTS) is 4. The van der Waals surface area contributed by atoms with Crippen LogP contribution in [0.15, 0.2) is 121 Å². The molecule has 0 unspecified atom stereocenters. The van der Waals surface area contributed by atoms with Crippen molar-refractivity contribution >= 4 is 58.9 Å². The summed E-state index contributed by atoms with van der Waals surface area (Å²) in [5.74, 6) is -7.62. The van der Waals surface area contributed by atoms with E-state index in [4.69, 9.17) is 9.47 Å². The van der Waals surface area contributed by atoms with E-state index in [0.717, 1.165) is 34.1 Å². The van der Waals surface area contributed by atoms with E-state index in [9.17, 15) is 58.8 Å². The van der Waals surface area contributed by atoms with Gasteiger partial charge < -0.3 is 29.9 Å². The number of imide groups is 2. The lowest BCUT2D eigenvalue weighted by molar-refractivity contribution is 0.0651. The molecule has 0 bridgehead atoms. The molecule has 2 aliphatic heterocycles. The Kier molecular flexibility index (Phi) is 9.20. The summed E-state index contributed by atoms with van der Waals surface area (Å²) >= 11 is 0. The summed E-state index contributed by atoms with van der Waals surface area (Å²) in [5, 5.41) is 37.3. The normalized spacial score (nSPS) is 12.9. The summed E-state index contributed by atoms with van der Waals surface area (Å²) in [6.45, 7) is 0. The number of hydrogen-bond donors (Lipinski definition) is 4. The van der Waals surface area contributed by atoms with Crippen molar-refractivity contribution in [1.29, 1.82) is 0 Å². The summed E-state index contributed by atoms with van der Waals surface area (Å²) in [7, 11) is 0. The molecule has 4 N–H and O–H groups in total. The van der Waals surface area contributed by atoms with E-state index in [0.29, 0.717) is 11.1 Å². The molecule has 0 saturated carbocycles. The van der Waals surface area contributed by atoms with Gasteiger partial charge in [0.2, 0.25) is 0 Å². The van der Waals surface area contributed by atoms with Crippen molar-refractivity contribution in [3.05, 3.63) is 166 Å². The Morgan fingerprint density at radius 2 is 0.667 bits per heavy atom. The molecule has 0 saturated heterocycles. The largest absolute Gasteiger partial charge is 0.478 e. The number of aromatic carboxylic acids is 4. The second-order valence-corrected chi connectivity index (χ2v) is 13.2. The second kappa shape index (κ2) is 14.5. The highest BCUT2D eigenvalue weighted by Gasteiger charge is 2.39. The Balaban J connectivity index is 0.977. The fraction of sp³-hybridized carbons (Fsp3) is 0. The molecule has 0 fully saturated rings. The smallest absolute Gasteiger partial charge is 0.336 e. The van der Waals surface area contributed by atoms with Crippen LogP contribution in [-0.4, -0.2) is 67.9 Å². The number of nitrogens with zero attached hydrogens (tertiary/aromatic N) is 2. The maximum Gasteiger partial charge on any atom is 0.336 e. The molecular formula is C44H24N2O14. The predicted molar refractivity (Wildman–Crippen MR) is 208 cm³/mol. The number of ether oxygens (including phenoxy) is 2. The first kappa shape index (κ1) is 38.0. The Hall–Kier alpha value is -8.92. The van der Waals surface area contributed by atoms with Gasteiger partial charge in [0.25, 0.3) is 23.6 Å². The van der Waals surface area contributed by atoms with Crippen LogP contribution in [0.5, 0.6) is 23.0 Å². The van der Waals surface area contributed by atoms with Crippen molar-refractivity contribution in [2.24, 2.45) is 0 Å². The van der Waals surface area contributed by atoms with Crippen LogP contribution in [0.1, 0.15) is 82.9 Å². The minimum Gasteiger partial charge on any atom is -0.478 e. The SMILES string of the molecule is O=C(O)c1ccc(Oc2ccc(N3C(=O)c4ccc(-c5ccc6c(c5)C(=O)N(c5ccc(Oc7ccc(C(=O)O)c(C(=O)O)c7)cc5)C6=O)cc4C3=O)cc2)cc1C(=O)O. The Morgan fingerprint density at radius 3 is 1.00 bits per heavy atom. The number of hydrogen-bond acceptors (Lipinski definition) is 10. The lowest BCUT2D eigenvalue weighted by atomic mass is 9.97. The minimum absolute atomic E-state index is 0.0495. The topological polar surface area (TPSA) is 242 Å². The lowest BCUT2D eigenvalue weighted by Crippen LogP contribution is -2.29. The van der Waals surface area contributed by atoms with Crippen LogP contribution in [0, 0.1) is 0 Å². The summed E-state index contributed by atoms with van der Waals surface area (Å²) in [4.78, 5) is 102. The molecule has 8 rings (SSSR count). The maximum absolute atomic E-state index is 13.7. The Bertz CT molecular complexity index is 2720. The number of rotatable bonds is 11. The number of benzene rings is 6. The first-order valence-electron chi connectivity index (χ1n) is 17.5. The molecule has 0 spiro atoms. The van der Waals surface area contributed by atoms with Crippen LogP contribution in [0.3, 0.4) is 0 Å². The van der Waals surface area contributed by atoms with Crippen molar-refractivity contribution < 1.29 is 68.3 Å². The molecule has 0 aliphatic carbocycles. The van der Waals surface area contributed by atoms with E-state index in [-0.39, 0.29) is 56.6 Å². The fourth-order valence-corrected chi connectivity index (χ4v) is 6.81. The van der Waals surface area contributed by atoms with Gasteiger partial charge in [-0.3, -0.25) is 19.2 Å². The molecule has 16 heteroatoms. The average Bonchev–Trinajstić information content (AvgIpc) is 3.63. The zero-order valence-corrected chi connectivity index (χ0v) is 30.3. The molecular weight excluding hydrogens is 780 g/mol. The third kappa shape index (κ3) is 6.60. The quantitative estimate of drug-likeness (QED) is 0.0938. The van der Waals surface area contributed by atoms with Gasteiger partial charge in [0.1, 0.15) is 23.0 Å². The number of carboxylic acids is 4. The van der Waals surface area contributed by atoms with Gasteiger partial charge in [-0.2, -0.15) is 0 Å². The van der Waals surface area contributed by atoms with Gasteiger partial charge in [-0.05, 0) is 120 Å². The molecule has 2 aliphatic rings. The molecule has 4 amide bonds. The van der Waals surface area contributed by atoms with Gasteiger partial charge in [0, 0.05) is 0 Å². The molecule has 0 atom stereocenters. The van der Waals surface area contributed by atoms with Crippen LogP contribution in [0.2, 0.25) is 0 Å². The van der Waals surface area contributed by atoms with E-state index in [1.54, 1.807) is 12.1 Å². The van der Waals surface area contributed by atoms with E-state index in [1.807, 2.05) is 0 Å². The van der Waals surface area contributed by atoms with Crippen molar-refractivity contribution in [2.75, 3.05) is 9.80 Å². The summed E-state index contributed by atoms with van der Waals surface area (Å²) < 4.78 is 11.4. The zero-order valence-electron chi connectivity index (χ0n) is 30.3. The van der Waals surface area contributed by atoms with Gasteiger partial charge in [0.15, 0.2) is 0 Å². The minimum atomic E-state index is -1.45. The highest BCUT2D eigenvalue weighted by atomic mass is 16.5. The van der Waals surface area contributed by atoms with Crippen LogP contribution in [0.4, 0.5) is 11.4 Å². The van der Waals surface area contributed by atoms with Crippen LogP contribution >= 0.6 is 0 Å². The highest BCUT2D eigenvalue weighted by molar-refractivity contribution is 6.35. The standard InChI is InChI=1S/C44H24N2O14/c47-37-29-13-1-21(17-33(29)39(49)45(37)23-3-7-25(8-4-23)59-27-11-15-31(41(51)52)35(19-27)43(55)56)22-2-14-30-34(18-22)40(50)46(38(30)48)24-5-9-26(10-6-24)60-28-12-16-32(42(53)54)36(20-28)44(57)58/h1-20H,(H,51,52)(H,53,54)(H,55,56)(H,57,58). The number of carbonyl (C=O) groups excluding carboxylic acids is 4.